The number of rotatable bonds is 4. The number of imidazole rings is 1. The second kappa shape index (κ2) is 6.07. The smallest absolute Gasteiger partial charge is 0.381 e. The summed E-state index contributed by atoms with van der Waals surface area (Å²) in [5.74, 6) is 0.542. The summed E-state index contributed by atoms with van der Waals surface area (Å²) in [7, 11) is 0. The van der Waals surface area contributed by atoms with Crippen molar-refractivity contribution in [2.24, 2.45) is 5.92 Å². The van der Waals surface area contributed by atoms with E-state index < -0.39 is 24.7 Å². The van der Waals surface area contributed by atoms with Crippen LogP contribution in [-0.4, -0.2) is 29.2 Å². The van der Waals surface area contributed by atoms with Gasteiger partial charge in [0.05, 0.1) is 23.1 Å². The maximum atomic E-state index is 12.8. The molecular weight excluding hydrogens is 319 g/mol. The van der Waals surface area contributed by atoms with Gasteiger partial charge in [0.25, 0.3) is 6.43 Å². The monoisotopic (exact) mass is 334 g/mol. The van der Waals surface area contributed by atoms with Crippen LogP contribution in [0.2, 0.25) is 0 Å². The fourth-order valence-corrected chi connectivity index (χ4v) is 2.86. The zero-order valence-corrected chi connectivity index (χ0v) is 12.1. The summed E-state index contributed by atoms with van der Waals surface area (Å²) in [6, 6.07) is 3.02. The molecule has 1 fully saturated rings. The van der Waals surface area contributed by atoms with Crippen molar-refractivity contribution in [1.29, 1.82) is 0 Å². The average Bonchev–Trinajstić information content (AvgIpc) is 3.06. The molecule has 2 heterocycles. The molecule has 3 nitrogen and oxygen atoms in total. The summed E-state index contributed by atoms with van der Waals surface area (Å²) < 4.78 is 70.6. The minimum Gasteiger partial charge on any atom is -0.381 e. The molecular formula is C15H15F5N2O. The number of nitrogens with zero attached hydrogens (tertiary/aromatic N) is 2. The SMILES string of the molecule is FC(F)Cn1c(CC2CCOC2)nc2cc(C(F)(F)F)ccc21. The predicted molar refractivity (Wildman–Crippen MR) is 73.4 cm³/mol. The number of halogens is 5. The number of fused-ring (bicyclic) bond motifs is 1. The molecule has 0 bridgehead atoms. The van der Waals surface area contributed by atoms with Crippen LogP contribution in [0.15, 0.2) is 18.2 Å². The van der Waals surface area contributed by atoms with Gasteiger partial charge in [0.1, 0.15) is 5.82 Å². The van der Waals surface area contributed by atoms with Gasteiger partial charge in [0.2, 0.25) is 0 Å². The highest BCUT2D eigenvalue weighted by Crippen LogP contribution is 2.32. The van der Waals surface area contributed by atoms with Gasteiger partial charge in [-0.1, -0.05) is 0 Å². The van der Waals surface area contributed by atoms with Crippen LogP contribution < -0.4 is 0 Å². The van der Waals surface area contributed by atoms with Gasteiger partial charge in [-0.3, -0.25) is 0 Å². The Balaban J connectivity index is 2.01. The van der Waals surface area contributed by atoms with Crippen molar-refractivity contribution in [3.8, 4) is 0 Å². The summed E-state index contributed by atoms with van der Waals surface area (Å²) in [5.41, 5.74) is -0.441. The van der Waals surface area contributed by atoms with E-state index in [1.165, 1.54) is 10.6 Å². The first-order chi connectivity index (χ1) is 10.8. The molecule has 126 valence electrons. The maximum absolute atomic E-state index is 12.8. The Morgan fingerprint density at radius 3 is 2.70 bits per heavy atom. The van der Waals surface area contributed by atoms with Crippen LogP contribution in [0.4, 0.5) is 22.0 Å². The Hall–Kier alpha value is -1.70. The molecule has 1 atom stereocenters. The zero-order valence-electron chi connectivity index (χ0n) is 12.1. The van der Waals surface area contributed by atoms with Crippen LogP contribution in [-0.2, 0) is 23.9 Å². The summed E-state index contributed by atoms with van der Waals surface area (Å²) in [6.45, 7) is 0.550. The third-order valence-electron chi connectivity index (χ3n) is 3.97. The highest BCUT2D eigenvalue weighted by molar-refractivity contribution is 5.77. The summed E-state index contributed by atoms with van der Waals surface area (Å²) in [6.07, 6.45) is -5.87. The van der Waals surface area contributed by atoms with Crippen LogP contribution >= 0.6 is 0 Å². The molecule has 23 heavy (non-hydrogen) atoms. The van der Waals surface area contributed by atoms with Crippen LogP contribution in [0.25, 0.3) is 11.0 Å². The Morgan fingerprint density at radius 1 is 1.30 bits per heavy atom. The lowest BCUT2D eigenvalue weighted by atomic mass is 10.1. The molecule has 2 aromatic rings. The van der Waals surface area contributed by atoms with Crippen molar-refractivity contribution in [2.75, 3.05) is 13.2 Å². The Morgan fingerprint density at radius 2 is 2.09 bits per heavy atom. The molecule has 1 saturated heterocycles. The van der Waals surface area contributed by atoms with E-state index in [0.717, 1.165) is 18.6 Å². The van der Waals surface area contributed by atoms with E-state index in [2.05, 4.69) is 4.98 Å². The summed E-state index contributed by atoms with van der Waals surface area (Å²) in [4.78, 5) is 4.18. The molecule has 0 spiro atoms. The van der Waals surface area contributed by atoms with E-state index in [0.29, 0.717) is 31.0 Å². The minimum atomic E-state index is -4.49. The van der Waals surface area contributed by atoms with Crippen molar-refractivity contribution in [1.82, 2.24) is 9.55 Å². The Bertz CT molecular complexity index is 689. The van der Waals surface area contributed by atoms with Gasteiger partial charge in [0, 0.05) is 19.6 Å². The highest BCUT2D eigenvalue weighted by atomic mass is 19.4. The minimum absolute atomic E-state index is 0.0920. The average molecular weight is 334 g/mol. The molecule has 0 radical (unpaired) electrons. The second-order valence-electron chi connectivity index (χ2n) is 5.66. The van der Waals surface area contributed by atoms with Crippen LogP contribution in [0.3, 0.4) is 0 Å². The second-order valence-corrected chi connectivity index (χ2v) is 5.66. The predicted octanol–water partition coefficient (Wildman–Crippen LogP) is 3.90. The van der Waals surface area contributed by atoms with E-state index in [9.17, 15) is 22.0 Å². The topological polar surface area (TPSA) is 27.1 Å². The molecule has 1 aromatic heterocycles. The van der Waals surface area contributed by atoms with E-state index >= 15 is 0 Å². The number of aromatic nitrogens is 2. The van der Waals surface area contributed by atoms with E-state index in [1.807, 2.05) is 0 Å². The van der Waals surface area contributed by atoms with Gasteiger partial charge in [0.15, 0.2) is 0 Å². The number of hydrogen-bond acceptors (Lipinski definition) is 2. The fraction of sp³-hybridized carbons (Fsp3) is 0.533. The third-order valence-corrected chi connectivity index (χ3v) is 3.97. The lowest BCUT2D eigenvalue weighted by Crippen LogP contribution is -2.14. The first-order valence-electron chi connectivity index (χ1n) is 7.27. The quantitative estimate of drug-likeness (QED) is 0.793. The zero-order chi connectivity index (χ0) is 16.6. The maximum Gasteiger partial charge on any atom is 0.416 e. The molecule has 0 saturated carbocycles. The first-order valence-corrected chi connectivity index (χ1v) is 7.27. The van der Waals surface area contributed by atoms with Crippen molar-refractivity contribution in [2.45, 2.75) is 32.0 Å². The molecule has 1 aromatic carbocycles. The first kappa shape index (κ1) is 16.2. The van der Waals surface area contributed by atoms with Crippen LogP contribution in [0, 0.1) is 5.92 Å². The van der Waals surface area contributed by atoms with Gasteiger partial charge in [-0.15, -0.1) is 0 Å². The molecule has 0 N–H and O–H groups in total. The van der Waals surface area contributed by atoms with E-state index in [-0.39, 0.29) is 11.4 Å². The van der Waals surface area contributed by atoms with E-state index in [1.54, 1.807) is 0 Å². The molecule has 1 aliphatic heterocycles. The number of hydrogen-bond donors (Lipinski definition) is 0. The van der Waals surface area contributed by atoms with E-state index in [4.69, 9.17) is 4.74 Å². The van der Waals surface area contributed by atoms with Crippen molar-refractivity contribution in [3.05, 3.63) is 29.6 Å². The number of benzene rings is 1. The molecule has 8 heteroatoms. The standard InChI is InChI=1S/C15H15F5N2O/c16-13(17)7-22-12-2-1-10(15(18,19)20)6-11(12)21-14(22)5-9-3-4-23-8-9/h1-2,6,9,13H,3-5,7-8H2. The Kier molecular flexibility index (Phi) is 4.27. The fourth-order valence-electron chi connectivity index (χ4n) is 2.86. The van der Waals surface area contributed by atoms with Crippen molar-refractivity contribution < 1.29 is 26.7 Å². The van der Waals surface area contributed by atoms with Gasteiger partial charge in [-0.25, -0.2) is 13.8 Å². The van der Waals surface area contributed by atoms with Gasteiger partial charge >= 0.3 is 6.18 Å². The molecule has 0 aliphatic carbocycles. The van der Waals surface area contributed by atoms with Gasteiger partial charge < -0.3 is 9.30 Å². The molecule has 1 aliphatic rings. The van der Waals surface area contributed by atoms with Crippen LogP contribution in [0.5, 0.6) is 0 Å². The third kappa shape index (κ3) is 3.46. The lowest BCUT2D eigenvalue weighted by Gasteiger charge is -2.11. The van der Waals surface area contributed by atoms with Crippen LogP contribution in [0.1, 0.15) is 17.8 Å². The number of ether oxygens (including phenoxy) is 1. The molecule has 0 amide bonds. The van der Waals surface area contributed by atoms with Crippen molar-refractivity contribution >= 4 is 11.0 Å². The largest absolute Gasteiger partial charge is 0.416 e. The number of alkyl halides is 5. The molecule has 3 rings (SSSR count). The van der Waals surface area contributed by atoms with Gasteiger partial charge in [-0.05, 0) is 30.5 Å². The van der Waals surface area contributed by atoms with Gasteiger partial charge in [-0.2, -0.15) is 13.2 Å². The lowest BCUT2D eigenvalue weighted by molar-refractivity contribution is -0.137. The Labute approximate surface area is 129 Å². The summed E-state index contributed by atoms with van der Waals surface area (Å²) >= 11 is 0. The molecule has 1 unspecified atom stereocenters. The van der Waals surface area contributed by atoms with Crippen molar-refractivity contribution in [3.63, 3.8) is 0 Å². The normalized spacial score (nSPS) is 19.1. The summed E-state index contributed by atoms with van der Waals surface area (Å²) in [5, 5.41) is 0. The highest BCUT2D eigenvalue weighted by Gasteiger charge is 2.31.